The summed E-state index contributed by atoms with van der Waals surface area (Å²) in [6.07, 6.45) is 10.6. The summed E-state index contributed by atoms with van der Waals surface area (Å²) in [5.41, 5.74) is 6.31. The summed E-state index contributed by atoms with van der Waals surface area (Å²) in [6, 6.07) is 0.234. The maximum atomic E-state index is 6.31. The van der Waals surface area contributed by atoms with E-state index in [4.69, 9.17) is 5.73 Å². The average molecular weight is 264 g/mol. The molecular weight excluding hydrogens is 236 g/mol. The lowest BCUT2D eigenvalue weighted by Crippen LogP contribution is -2.28. The smallest absolute Gasteiger partial charge is 0.138 e. The first-order chi connectivity index (χ1) is 9.15. The van der Waals surface area contributed by atoms with Gasteiger partial charge in [-0.1, -0.05) is 46.0 Å². The normalized spacial score (nSPS) is 18.9. The van der Waals surface area contributed by atoms with Crippen molar-refractivity contribution in [2.45, 2.75) is 71.4 Å². The highest BCUT2D eigenvalue weighted by atomic mass is 15.3. The molecule has 1 fully saturated rings. The third-order valence-electron chi connectivity index (χ3n) is 4.04. The van der Waals surface area contributed by atoms with Crippen LogP contribution in [0.3, 0.4) is 0 Å². The largest absolute Gasteiger partial charge is 0.327 e. The summed E-state index contributed by atoms with van der Waals surface area (Å²) in [5.74, 6) is 2.48. The topological polar surface area (TPSA) is 56.7 Å². The Hall–Kier alpha value is -0.900. The van der Waals surface area contributed by atoms with Crippen molar-refractivity contribution in [3.63, 3.8) is 0 Å². The predicted octanol–water partition coefficient (Wildman–Crippen LogP) is 2.77. The summed E-state index contributed by atoms with van der Waals surface area (Å²) in [4.78, 5) is 4.37. The standard InChI is InChI=1S/C15H28N4/c1-12(2)10-19-15(17-11-18-19)9-14(16)8-13-6-4-3-5-7-13/h11-14H,3-10,16H2,1-2H3. The summed E-state index contributed by atoms with van der Waals surface area (Å²) < 4.78 is 2.02. The van der Waals surface area contributed by atoms with Gasteiger partial charge in [-0.15, -0.1) is 0 Å². The molecule has 2 N–H and O–H groups in total. The molecule has 0 aliphatic heterocycles. The second-order valence-electron chi connectivity index (χ2n) is 6.46. The van der Waals surface area contributed by atoms with Crippen LogP contribution < -0.4 is 5.73 Å². The van der Waals surface area contributed by atoms with E-state index >= 15 is 0 Å². The van der Waals surface area contributed by atoms with E-state index in [9.17, 15) is 0 Å². The molecular formula is C15H28N4. The number of aromatic nitrogens is 3. The van der Waals surface area contributed by atoms with Crippen LogP contribution >= 0.6 is 0 Å². The quantitative estimate of drug-likeness (QED) is 0.859. The monoisotopic (exact) mass is 264 g/mol. The fourth-order valence-corrected chi connectivity index (χ4v) is 3.11. The fourth-order valence-electron chi connectivity index (χ4n) is 3.11. The van der Waals surface area contributed by atoms with E-state index in [0.717, 1.165) is 31.1 Å². The Kier molecular flexibility index (Phi) is 5.37. The fraction of sp³-hybridized carbons (Fsp3) is 0.867. The van der Waals surface area contributed by atoms with Gasteiger partial charge in [0.15, 0.2) is 0 Å². The van der Waals surface area contributed by atoms with E-state index in [2.05, 4.69) is 23.9 Å². The van der Waals surface area contributed by atoms with Crippen molar-refractivity contribution in [2.24, 2.45) is 17.6 Å². The van der Waals surface area contributed by atoms with Crippen LogP contribution in [-0.2, 0) is 13.0 Å². The van der Waals surface area contributed by atoms with Crippen LogP contribution in [0.25, 0.3) is 0 Å². The predicted molar refractivity (Wildman–Crippen MR) is 77.7 cm³/mol. The minimum Gasteiger partial charge on any atom is -0.327 e. The molecule has 0 amide bonds. The molecule has 0 bridgehead atoms. The maximum Gasteiger partial charge on any atom is 0.138 e. The van der Waals surface area contributed by atoms with E-state index in [-0.39, 0.29) is 6.04 Å². The number of hydrogen-bond donors (Lipinski definition) is 1. The molecule has 1 heterocycles. The van der Waals surface area contributed by atoms with Crippen molar-refractivity contribution in [1.29, 1.82) is 0 Å². The molecule has 19 heavy (non-hydrogen) atoms. The van der Waals surface area contributed by atoms with Gasteiger partial charge < -0.3 is 5.73 Å². The van der Waals surface area contributed by atoms with Crippen LogP contribution in [0.4, 0.5) is 0 Å². The summed E-state index contributed by atoms with van der Waals surface area (Å²) in [7, 11) is 0. The van der Waals surface area contributed by atoms with Gasteiger partial charge >= 0.3 is 0 Å². The molecule has 1 unspecified atom stereocenters. The molecule has 4 heteroatoms. The van der Waals surface area contributed by atoms with Gasteiger partial charge in [0.25, 0.3) is 0 Å². The van der Waals surface area contributed by atoms with Crippen molar-refractivity contribution in [1.82, 2.24) is 14.8 Å². The number of nitrogens with two attached hydrogens (primary N) is 1. The second kappa shape index (κ2) is 7.04. The zero-order chi connectivity index (χ0) is 13.7. The van der Waals surface area contributed by atoms with Crippen LogP contribution in [-0.4, -0.2) is 20.8 Å². The summed E-state index contributed by atoms with van der Waals surface area (Å²) in [5, 5.41) is 4.31. The Morgan fingerprint density at radius 3 is 2.74 bits per heavy atom. The van der Waals surface area contributed by atoms with E-state index in [0.29, 0.717) is 5.92 Å². The number of hydrogen-bond acceptors (Lipinski definition) is 3. The first-order valence-electron chi connectivity index (χ1n) is 7.77. The van der Waals surface area contributed by atoms with E-state index < -0.39 is 0 Å². The van der Waals surface area contributed by atoms with Crippen LogP contribution in [0.15, 0.2) is 6.33 Å². The second-order valence-corrected chi connectivity index (χ2v) is 6.46. The first-order valence-corrected chi connectivity index (χ1v) is 7.77. The molecule has 0 radical (unpaired) electrons. The van der Waals surface area contributed by atoms with Crippen LogP contribution in [0, 0.1) is 11.8 Å². The SMILES string of the molecule is CC(C)Cn1ncnc1CC(N)CC1CCCCC1. The lowest BCUT2D eigenvalue weighted by atomic mass is 9.84. The molecule has 108 valence electrons. The van der Waals surface area contributed by atoms with Gasteiger partial charge in [0.2, 0.25) is 0 Å². The Morgan fingerprint density at radius 1 is 1.32 bits per heavy atom. The minimum atomic E-state index is 0.234. The van der Waals surface area contributed by atoms with Crippen molar-refractivity contribution in [3.8, 4) is 0 Å². The average Bonchev–Trinajstić information content (AvgIpc) is 2.77. The van der Waals surface area contributed by atoms with Crippen molar-refractivity contribution >= 4 is 0 Å². The van der Waals surface area contributed by atoms with E-state index in [1.807, 2.05) is 4.68 Å². The maximum absolute atomic E-state index is 6.31. The third-order valence-corrected chi connectivity index (χ3v) is 4.04. The van der Waals surface area contributed by atoms with Gasteiger partial charge in [-0.05, 0) is 18.3 Å². The van der Waals surface area contributed by atoms with Gasteiger partial charge in [0.1, 0.15) is 12.2 Å². The van der Waals surface area contributed by atoms with Crippen molar-refractivity contribution < 1.29 is 0 Å². The molecule has 2 rings (SSSR count). The Labute approximate surface area is 116 Å². The summed E-state index contributed by atoms with van der Waals surface area (Å²) >= 11 is 0. The van der Waals surface area contributed by atoms with Gasteiger partial charge in [-0.25, -0.2) is 9.67 Å². The van der Waals surface area contributed by atoms with Gasteiger partial charge in [-0.2, -0.15) is 5.10 Å². The molecule has 1 aliphatic rings. The zero-order valence-corrected chi connectivity index (χ0v) is 12.4. The van der Waals surface area contributed by atoms with Gasteiger partial charge in [0, 0.05) is 19.0 Å². The number of nitrogens with zero attached hydrogens (tertiary/aromatic N) is 3. The lowest BCUT2D eigenvalue weighted by Gasteiger charge is -2.24. The first kappa shape index (κ1) is 14.5. The van der Waals surface area contributed by atoms with Crippen molar-refractivity contribution in [2.75, 3.05) is 0 Å². The molecule has 0 aromatic carbocycles. The number of rotatable bonds is 6. The highest BCUT2D eigenvalue weighted by molar-refractivity contribution is 4.90. The van der Waals surface area contributed by atoms with Crippen LogP contribution in [0.2, 0.25) is 0 Å². The van der Waals surface area contributed by atoms with Crippen molar-refractivity contribution in [3.05, 3.63) is 12.2 Å². The van der Waals surface area contributed by atoms with Gasteiger partial charge in [-0.3, -0.25) is 0 Å². The Morgan fingerprint density at radius 2 is 2.05 bits per heavy atom. The molecule has 1 aliphatic carbocycles. The van der Waals surface area contributed by atoms with Gasteiger partial charge in [0.05, 0.1) is 0 Å². The molecule has 1 atom stereocenters. The molecule has 1 saturated carbocycles. The lowest BCUT2D eigenvalue weighted by molar-refractivity contribution is 0.313. The van der Waals surface area contributed by atoms with E-state index in [1.54, 1.807) is 6.33 Å². The van der Waals surface area contributed by atoms with E-state index in [1.165, 1.54) is 32.1 Å². The molecule has 1 aromatic heterocycles. The molecule has 0 spiro atoms. The van der Waals surface area contributed by atoms with Crippen LogP contribution in [0.5, 0.6) is 0 Å². The summed E-state index contributed by atoms with van der Waals surface area (Å²) in [6.45, 7) is 5.34. The zero-order valence-electron chi connectivity index (χ0n) is 12.4. The molecule has 1 aromatic rings. The Balaban J connectivity index is 1.84. The highest BCUT2D eigenvalue weighted by Crippen LogP contribution is 2.27. The third kappa shape index (κ3) is 4.60. The van der Waals surface area contributed by atoms with Crippen LogP contribution in [0.1, 0.15) is 58.2 Å². The highest BCUT2D eigenvalue weighted by Gasteiger charge is 2.18. The Bertz CT molecular complexity index is 366. The molecule has 0 saturated heterocycles. The molecule has 4 nitrogen and oxygen atoms in total. The minimum absolute atomic E-state index is 0.234.